The monoisotopic (exact) mass is 702 g/mol. The number of thiazole rings is 1. The molecule has 49 heavy (non-hydrogen) atoms. The van der Waals surface area contributed by atoms with Crippen LogP contribution < -0.4 is 30.3 Å². The van der Waals surface area contributed by atoms with Gasteiger partial charge in [0.1, 0.15) is 11.0 Å². The van der Waals surface area contributed by atoms with Crippen LogP contribution in [-0.2, 0) is 16.0 Å². The Morgan fingerprint density at radius 3 is 2.57 bits per heavy atom. The predicted molar refractivity (Wildman–Crippen MR) is 196 cm³/mol. The fraction of sp³-hybridized carbons (Fsp3) is 0.405. The standard InChI is InChI=1S/C37H42N4O6S2/c1-21(42)38-25-14-12-22-19-31(45-2)34(46-3)35(47-4)33(22)23-13-15-26(30(43)20-24(23)25)39-28(16-18-48-5)37(44)41-17-8-10-29(41)36-40-27-9-6-7-11-32(27)49-36/h6-7,9,11,13,15,19-20,25,28-29H,8,10,12,14,16-18H2,1-5H3,(H,38,42)(H,39,43). The summed E-state index contributed by atoms with van der Waals surface area (Å²) in [5.41, 5.74) is 4.10. The zero-order valence-corrected chi connectivity index (χ0v) is 30.1. The topological polar surface area (TPSA) is 119 Å². The number of carbonyl (C=O) groups is 2. The largest absolute Gasteiger partial charge is 0.493 e. The number of para-hydroxylation sites is 1. The molecule has 0 spiro atoms. The van der Waals surface area contributed by atoms with Crippen molar-refractivity contribution in [2.75, 3.05) is 45.2 Å². The summed E-state index contributed by atoms with van der Waals surface area (Å²) in [6.07, 6.45) is 5.45. The van der Waals surface area contributed by atoms with Crippen LogP contribution in [0.5, 0.6) is 17.2 Å². The SMILES string of the molecule is COc1cc2c(c(OC)c1OC)-c1ccc(NC(CCSC)C(=O)N3CCCC3c3nc4ccccc4s3)c(=O)cc1C(NC(C)=O)CC2. The van der Waals surface area contributed by atoms with Crippen molar-refractivity contribution >= 4 is 50.8 Å². The molecule has 6 rings (SSSR count). The van der Waals surface area contributed by atoms with Gasteiger partial charge in [-0.3, -0.25) is 14.4 Å². The zero-order chi connectivity index (χ0) is 34.7. The van der Waals surface area contributed by atoms with Crippen molar-refractivity contribution in [3.8, 4) is 28.4 Å². The third-order valence-electron chi connectivity index (χ3n) is 9.29. The number of carbonyl (C=O) groups excluding carboxylic acids is 2. The molecule has 10 nitrogen and oxygen atoms in total. The fourth-order valence-corrected chi connectivity index (χ4v) is 8.61. The van der Waals surface area contributed by atoms with E-state index in [1.54, 1.807) is 56.6 Å². The fourth-order valence-electron chi connectivity index (χ4n) is 7.03. The number of likely N-dealkylation sites (tertiary alicyclic amines) is 1. The average Bonchev–Trinajstić information content (AvgIpc) is 3.70. The molecule has 3 unspecified atom stereocenters. The van der Waals surface area contributed by atoms with E-state index < -0.39 is 12.1 Å². The number of hydrogen-bond donors (Lipinski definition) is 2. The lowest BCUT2D eigenvalue weighted by molar-refractivity contribution is -0.133. The molecule has 0 bridgehead atoms. The quantitative estimate of drug-likeness (QED) is 0.184. The lowest BCUT2D eigenvalue weighted by Crippen LogP contribution is -2.43. The maximum Gasteiger partial charge on any atom is 0.245 e. The van der Waals surface area contributed by atoms with Gasteiger partial charge in [0.2, 0.25) is 23.0 Å². The molecule has 2 heterocycles. The van der Waals surface area contributed by atoms with E-state index in [-0.39, 0.29) is 23.3 Å². The first-order valence-electron chi connectivity index (χ1n) is 16.5. The Labute approximate surface area is 294 Å². The molecule has 3 atom stereocenters. The van der Waals surface area contributed by atoms with Crippen LogP contribution in [0.1, 0.15) is 60.8 Å². The highest BCUT2D eigenvalue weighted by Crippen LogP contribution is 2.50. The number of rotatable bonds is 11. The number of nitrogens with zero attached hydrogens (tertiary/aromatic N) is 2. The summed E-state index contributed by atoms with van der Waals surface area (Å²) in [7, 11) is 4.71. The molecule has 1 aliphatic heterocycles. The summed E-state index contributed by atoms with van der Waals surface area (Å²) < 4.78 is 18.4. The van der Waals surface area contributed by atoms with Gasteiger partial charge in [-0.2, -0.15) is 11.8 Å². The summed E-state index contributed by atoms with van der Waals surface area (Å²) in [6.45, 7) is 2.11. The molecule has 2 aliphatic rings. The van der Waals surface area contributed by atoms with Gasteiger partial charge >= 0.3 is 0 Å². The van der Waals surface area contributed by atoms with Gasteiger partial charge in [-0.15, -0.1) is 11.3 Å². The van der Waals surface area contributed by atoms with Gasteiger partial charge in [0, 0.05) is 19.0 Å². The van der Waals surface area contributed by atoms with Crippen LogP contribution in [0, 0.1) is 0 Å². The first kappa shape index (κ1) is 34.6. The highest BCUT2D eigenvalue weighted by Gasteiger charge is 2.36. The number of anilines is 1. The van der Waals surface area contributed by atoms with E-state index in [2.05, 4.69) is 16.7 Å². The summed E-state index contributed by atoms with van der Waals surface area (Å²) in [6, 6.07) is 14.0. The molecule has 258 valence electrons. The van der Waals surface area contributed by atoms with E-state index in [1.165, 1.54) is 6.92 Å². The number of ether oxygens (including phenoxy) is 3. The molecular formula is C37H42N4O6S2. The lowest BCUT2D eigenvalue weighted by Gasteiger charge is -2.28. The van der Waals surface area contributed by atoms with E-state index in [9.17, 15) is 14.4 Å². The third kappa shape index (κ3) is 6.94. The molecule has 0 radical (unpaired) electrons. The van der Waals surface area contributed by atoms with Gasteiger partial charge in [0.15, 0.2) is 11.5 Å². The minimum absolute atomic E-state index is 0.0387. The van der Waals surface area contributed by atoms with Gasteiger partial charge in [0.25, 0.3) is 0 Å². The van der Waals surface area contributed by atoms with Crippen LogP contribution in [-0.4, -0.2) is 67.6 Å². The van der Waals surface area contributed by atoms with Gasteiger partial charge in [-0.05, 0) is 91.1 Å². The second-order valence-electron chi connectivity index (χ2n) is 12.3. The van der Waals surface area contributed by atoms with E-state index in [0.29, 0.717) is 54.3 Å². The molecule has 4 aromatic rings. The third-order valence-corrected chi connectivity index (χ3v) is 11.1. The second kappa shape index (κ2) is 15.1. The number of fused-ring (bicyclic) bond motifs is 4. The Morgan fingerprint density at radius 1 is 1.06 bits per heavy atom. The predicted octanol–water partition coefficient (Wildman–Crippen LogP) is 6.37. The first-order valence-corrected chi connectivity index (χ1v) is 18.7. The van der Waals surface area contributed by atoms with Crippen LogP contribution in [0.2, 0.25) is 0 Å². The number of nitrogens with one attached hydrogen (secondary N) is 2. The zero-order valence-electron chi connectivity index (χ0n) is 28.5. The first-order chi connectivity index (χ1) is 23.8. The van der Waals surface area contributed by atoms with Crippen LogP contribution in [0.4, 0.5) is 5.69 Å². The smallest absolute Gasteiger partial charge is 0.245 e. The van der Waals surface area contributed by atoms with Gasteiger partial charge in [0.05, 0.1) is 49.3 Å². The molecule has 1 fully saturated rings. The minimum Gasteiger partial charge on any atom is -0.493 e. The Bertz CT molecular complexity index is 1900. The molecular weight excluding hydrogens is 661 g/mol. The number of amides is 2. The molecule has 1 aliphatic carbocycles. The number of methoxy groups -OCH3 is 3. The number of thioether (sulfide) groups is 1. The highest BCUT2D eigenvalue weighted by molar-refractivity contribution is 7.98. The van der Waals surface area contributed by atoms with E-state index in [1.807, 2.05) is 41.5 Å². The summed E-state index contributed by atoms with van der Waals surface area (Å²) in [5.74, 6) is 1.96. The number of aryl methyl sites for hydroxylation is 1. The number of hydrogen-bond acceptors (Lipinski definition) is 10. The van der Waals surface area contributed by atoms with Crippen molar-refractivity contribution in [3.05, 3.63) is 74.9 Å². The molecule has 12 heteroatoms. The van der Waals surface area contributed by atoms with Crippen molar-refractivity contribution in [1.29, 1.82) is 0 Å². The van der Waals surface area contributed by atoms with Crippen molar-refractivity contribution < 1.29 is 23.8 Å². The van der Waals surface area contributed by atoms with Crippen molar-refractivity contribution in [3.63, 3.8) is 0 Å². The molecule has 2 N–H and O–H groups in total. The van der Waals surface area contributed by atoms with Gasteiger partial charge < -0.3 is 29.7 Å². The van der Waals surface area contributed by atoms with Crippen LogP contribution in [0.25, 0.3) is 21.3 Å². The Morgan fingerprint density at radius 2 is 1.86 bits per heavy atom. The summed E-state index contributed by atoms with van der Waals surface area (Å²) in [4.78, 5) is 47.6. The van der Waals surface area contributed by atoms with Crippen LogP contribution >= 0.6 is 23.1 Å². The molecule has 1 aromatic heterocycles. The van der Waals surface area contributed by atoms with Crippen LogP contribution in [0.15, 0.2) is 53.3 Å². The lowest BCUT2D eigenvalue weighted by atomic mass is 9.95. The Balaban J connectivity index is 1.41. The molecule has 2 amide bonds. The average molecular weight is 703 g/mol. The molecule has 1 saturated heterocycles. The maximum atomic E-state index is 14.3. The van der Waals surface area contributed by atoms with Gasteiger partial charge in [-0.1, -0.05) is 18.2 Å². The highest BCUT2D eigenvalue weighted by atomic mass is 32.2. The van der Waals surface area contributed by atoms with E-state index in [4.69, 9.17) is 19.2 Å². The normalized spacial score (nSPS) is 17.4. The summed E-state index contributed by atoms with van der Waals surface area (Å²) in [5, 5.41) is 7.36. The Hall–Kier alpha value is -4.29. The van der Waals surface area contributed by atoms with E-state index in [0.717, 1.165) is 50.5 Å². The van der Waals surface area contributed by atoms with Crippen LogP contribution in [0.3, 0.4) is 0 Å². The summed E-state index contributed by atoms with van der Waals surface area (Å²) >= 11 is 3.30. The number of aromatic nitrogens is 1. The minimum atomic E-state index is -0.616. The maximum absolute atomic E-state index is 14.3. The number of benzene rings is 2. The van der Waals surface area contributed by atoms with Crippen molar-refractivity contribution in [2.24, 2.45) is 0 Å². The van der Waals surface area contributed by atoms with E-state index >= 15 is 0 Å². The molecule has 3 aromatic carbocycles. The van der Waals surface area contributed by atoms with Crippen molar-refractivity contribution in [1.82, 2.24) is 15.2 Å². The Kier molecular flexibility index (Phi) is 10.6. The molecule has 0 saturated carbocycles. The second-order valence-corrected chi connectivity index (χ2v) is 14.3. The van der Waals surface area contributed by atoms with Crippen molar-refractivity contribution in [2.45, 2.75) is 57.2 Å². The van der Waals surface area contributed by atoms with Gasteiger partial charge in [-0.25, -0.2) is 4.98 Å².